The first kappa shape index (κ1) is 18.2. The van der Waals surface area contributed by atoms with Crippen LogP contribution in [0.25, 0.3) is 0 Å². The van der Waals surface area contributed by atoms with E-state index in [4.69, 9.17) is 20.5 Å². The first-order valence-corrected chi connectivity index (χ1v) is 9.01. The maximum atomic E-state index is 12.6. The Morgan fingerprint density at radius 2 is 1.67 bits per heavy atom. The second-order valence-electron chi connectivity index (χ2n) is 5.17. The average molecular weight is 314 g/mol. The fraction of sp³-hybridized carbons (Fsp3) is 0.600. The van der Waals surface area contributed by atoms with Crippen LogP contribution in [0.1, 0.15) is 32.8 Å². The highest BCUT2D eigenvalue weighted by Gasteiger charge is 2.32. The summed E-state index contributed by atoms with van der Waals surface area (Å²) in [5.74, 6) is 0. The quantitative estimate of drug-likeness (QED) is 0.540. The molecule has 1 aromatic carbocycles. The van der Waals surface area contributed by atoms with Gasteiger partial charge in [-0.2, -0.15) is 0 Å². The van der Waals surface area contributed by atoms with Crippen molar-refractivity contribution in [2.45, 2.75) is 45.3 Å². The molecule has 1 rings (SSSR count). The summed E-state index contributed by atoms with van der Waals surface area (Å²) in [6.07, 6.45) is 1.30. The van der Waals surface area contributed by atoms with Crippen LogP contribution in [-0.4, -0.2) is 24.9 Å². The van der Waals surface area contributed by atoms with Crippen LogP contribution < -0.4 is 11.5 Å². The number of nitrogen functional groups attached to an aromatic ring is 1. The summed E-state index contributed by atoms with van der Waals surface area (Å²) in [4.78, 5) is 0. The molecule has 2 atom stereocenters. The molecule has 0 saturated carbocycles. The summed E-state index contributed by atoms with van der Waals surface area (Å²) in [6, 6.07) is 7.54. The molecule has 21 heavy (non-hydrogen) atoms. The monoisotopic (exact) mass is 314 g/mol. The maximum absolute atomic E-state index is 12.6. The Morgan fingerprint density at radius 1 is 1.14 bits per heavy atom. The van der Waals surface area contributed by atoms with E-state index in [1.807, 2.05) is 45.0 Å². The number of anilines is 1. The minimum absolute atomic E-state index is 0.0992. The third-order valence-corrected chi connectivity index (χ3v) is 5.81. The molecule has 0 saturated heterocycles. The second kappa shape index (κ2) is 8.54. The van der Waals surface area contributed by atoms with E-state index >= 15 is 0 Å². The van der Waals surface area contributed by atoms with Crippen molar-refractivity contribution < 1.29 is 13.6 Å². The molecule has 6 heteroatoms. The molecule has 0 aliphatic rings. The van der Waals surface area contributed by atoms with E-state index in [-0.39, 0.29) is 11.7 Å². The minimum atomic E-state index is -3.08. The van der Waals surface area contributed by atoms with Crippen LogP contribution in [0.15, 0.2) is 24.3 Å². The zero-order chi connectivity index (χ0) is 15.9. The average Bonchev–Trinajstić information content (AvgIpc) is 2.42. The molecule has 0 aliphatic carbocycles. The van der Waals surface area contributed by atoms with Gasteiger partial charge in [-0.25, -0.2) is 0 Å². The molecule has 120 valence electrons. The molecule has 0 bridgehead atoms. The van der Waals surface area contributed by atoms with Gasteiger partial charge in [-0.1, -0.05) is 19.1 Å². The van der Waals surface area contributed by atoms with Gasteiger partial charge < -0.3 is 20.5 Å². The zero-order valence-electron chi connectivity index (χ0n) is 13.1. The lowest BCUT2D eigenvalue weighted by atomic mass is 10.0. The summed E-state index contributed by atoms with van der Waals surface area (Å²) in [5.41, 5.74) is 13.5. The molecule has 0 aliphatic heterocycles. The van der Waals surface area contributed by atoms with Gasteiger partial charge in [0.1, 0.15) is 0 Å². The van der Waals surface area contributed by atoms with Crippen molar-refractivity contribution >= 4 is 13.3 Å². The fourth-order valence-corrected chi connectivity index (χ4v) is 4.09. The van der Waals surface area contributed by atoms with Gasteiger partial charge in [0.05, 0.1) is 18.9 Å². The number of benzene rings is 1. The molecule has 5 nitrogen and oxygen atoms in total. The number of rotatable bonds is 9. The molecule has 0 spiro atoms. The van der Waals surface area contributed by atoms with Crippen molar-refractivity contribution in [1.29, 1.82) is 0 Å². The standard InChI is InChI=1S/C15H27N2O3P/c1-4-19-21(18,20-5-2)12(3)10-15(17)11-13-6-8-14(16)9-7-13/h6-9,12,15H,4-5,10-11,16-17H2,1-3H3/t12-,15-/m1/s1. The van der Waals surface area contributed by atoms with E-state index < -0.39 is 7.60 Å². The molecule has 0 fully saturated rings. The van der Waals surface area contributed by atoms with Crippen molar-refractivity contribution in [3.05, 3.63) is 29.8 Å². The van der Waals surface area contributed by atoms with Gasteiger partial charge in [0.2, 0.25) is 0 Å². The smallest absolute Gasteiger partial charge is 0.333 e. The molecule has 0 aromatic heterocycles. The highest BCUT2D eigenvalue weighted by atomic mass is 31.2. The third-order valence-electron chi connectivity index (χ3n) is 3.28. The van der Waals surface area contributed by atoms with E-state index in [9.17, 15) is 4.57 Å². The van der Waals surface area contributed by atoms with Crippen LogP contribution in [0.5, 0.6) is 0 Å². The Bertz CT molecular complexity index is 454. The van der Waals surface area contributed by atoms with Gasteiger partial charge in [0, 0.05) is 11.7 Å². The Kier molecular flexibility index (Phi) is 7.40. The van der Waals surface area contributed by atoms with Crippen LogP contribution in [0.2, 0.25) is 0 Å². The Balaban J connectivity index is 2.61. The van der Waals surface area contributed by atoms with Crippen LogP contribution in [0.4, 0.5) is 5.69 Å². The lowest BCUT2D eigenvalue weighted by molar-refractivity contribution is 0.211. The molecule has 1 aromatic rings. The predicted molar refractivity (Wildman–Crippen MR) is 87.5 cm³/mol. The first-order valence-electron chi connectivity index (χ1n) is 7.40. The van der Waals surface area contributed by atoms with Crippen LogP contribution in [-0.2, 0) is 20.0 Å². The van der Waals surface area contributed by atoms with E-state index in [0.29, 0.717) is 26.1 Å². The maximum Gasteiger partial charge on any atom is 0.333 e. The zero-order valence-corrected chi connectivity index (χ0v) is 14.0. The van der Waals surface area contributed by atoms with Gasteiger partial charge >= 0.3 is 7.60 Å². The summed E-state index contributed by atoms with van der Waals surface area (Å²) in [7, 11) is -3.08. The van der Waals surface area contributed by atoms with Crippen molar-refractivity contribution in [3.8, 4) is 0 Å². The number of nitrogens with two attached hydrogens (primary N) is 2. The van der Waals surface area contributed by atoms with Gasteiger partial charge in [0.25, 0.3) is 0 Å². The van der Waals surface area contributed by atoms with Crippen molar-refractivity contribution in [1.82, 2.24) is 0 Å². The topological polar surface area (TPSA) is 87.6 Å². The highest BCUT2D eigenvalue weighted by Crippen LogP contribution is 2.54. The molecule has 0 amide bonds. The summed E-state index contributed by atoms with van der Waals surface area (Å²) >= 11 is 0. The van der Waals surface area contributed by atoms with E-state index in [2.05, 4.69) is 0 Å². The van der Waals surface area contributed by atoms with Gasteiger partial charge in [-0.15, -0.1) is 0 Å². The third kappa shape index (κ3) is 5.79. The number of hydrogen-bond donors (Lipinski definition) is 2. The van der Waals surface area contributed by atoms with E-state index in [1.54, 1.807) is 0 Å². The summed E-state index contributed by atoms with van der Waals surface area (Å²) in [6.45, 7) is 6.23. The van der Waals surface area contributed by atoms with Gasteiger partial charge in [-0.05, 0) is 44.4 Å². The number of hydrogen-bond acceptors (Lipinski definition) is 5. The van der Waals surface area contributed by atoms with Crippen molar-refractivity contribution in [2.24, 2.45) is 5.73 Å². The van der Waals surface area contributed by atoms with Crippen LogP contribution >= 0.6 is 7.60 Å². The Hall–Kier alpha value is -0.870. The first-order chi connectivity index (χ1) is 9.91. The fourth-order valence-electron chi connectivity index (χ4n) is 2.26. The summed E-state index contributed by atoms with van der Waals surface area (Å²) < 4.78 is 23.3. The normalized spacial score (nSPS) is 14.9. The predicted octanol–water partition coefficient (Wildman–Crippen LogP) is 3.18. The summed E-state index contributed by atoms with van der Waals surface area (Å²) in [5, 5.41) is 0. The second-order valence-corrected chi connectivity index (χ2v) is 7.64. The van der Waals surface area contributed by atoms with Crippen LogP contribution in [0.3, 0.4) is 0 Å². The van der Waals surface area contributed by atoms with Gasteiger partial charge in [-0.3, -0.25) is 4.57 Å². The van der Waals surface area contributed by atoms with E-state index in [0.717, 1.165) is 11.3 Å². The Morgan fingerprint density at radius 3 is 2.14 bits per heavy atom. The van der Waals surface area contributed by atoms with Crippen molar-refractivity contribution in [2.75, 3.05) is 18.9 Å². The largest absolute Gasteiger partial charge is 0.399 e. The van der Waals surface area contributed by atoms with Crippen molar-refractivity contribution in [3.63, 3.8) is 0 Å². The highest BCUT2D eigenvalue weighted by molar-refractivity contribution is 7.54. The molecule has 0 unspecified atom stereocenters. The molecular weight excluding hydrogens is 287 g/mol. The SMILES string of the molecule is CCOP(=O)(OCC)[C@H](C)C[C@@H](N)Cc1ccc(N)cc1. The van der Waals surface area contributed by atoms with E-state index in [1.165, 1.54) is 0 Å². The van der Waals surface area contributed by atoms with Gasteiger partial charge in [0.15, 0.2) is 0 Å². The lowest BCUT2D eigenvalue weighted by Crippen LogP contribution is -2.28. The minimum Gasteiger partial charge on any atom is -0.399 e. The molecule has 4 N–H and O–H groups in total. The molecule has 0 heterocycles. The van der Waals surface area contributed by atoms with Crippen LogP contribution in [0, 0.1) is 0 Å². The molecular formula is C15H27N2O3P. The lowest BCUT2D eigenvalue weighted by Gasteiger charge is -2.25. The molecule has 0 radical (unpaired) electrons. The Labute approximate surface area is 127 Å².